The number of benzene rings is 1. The van der Waals surface area contributed by atoms with Crippen LogP contribution in [0.1, 0.15) is 116 Å². The van der Waals surface area contributed by atoms with Crippen LogP contribution in [0.3, 0.4) is 0 Å². The lowest BCUT2D eigenvalue weighted by molar-refractivity contribution is -0.121. The molecule has 0 amide bonds. The second-order valence-corrected chi connectivity index (χ2v) is 9.85. The quantitative estimate of drug-likeness (QED) is 0.316. The zero-order valence-electron chi connectivity index (χ0n) is 21.4. The van der Waals surface area contributed by atoms with E-state index < -0.39 is 0 Å². The highest BCUT2D eigenvalue weighted by molar-refractivity contribution is 5.86. The standard InChI is InChI=1S/C29H42O.C2H6/c1-3-4-5-6-7-8-24-13-16-26(17-14-24)27-18-20-28(21-19-27)29(30)22-15-25-11-9-23(2)10-12-25;1-2/h13-14,16-20,23,25,28H,3-12,15,21-22H2,1-2H3;1-2H3. The Bertz CT molecular complexity index is 700. The van der Waals surface area contributed by atoms with Crippen molar-refractivity contribution in [1.29, 1.82) is 0 Å². The average Bonchev–Trinajstić information content (AvgIpc) is 2.85. The SMILES string of the molecule is CC.CCCCCCCc1ccc(C2=CCC(C(=O)CCC3CCC(C)CC3)C=C2)cc1. The molecule has 2 aliphatic rings. The Balaban J connectivity index is 0.00000176. The minimum absolute atomic E-state index is 0.0960. The molecular weight excluding hydrogens is 388 g/mol. The molecule has 3 rings (SSSR count). The number of allylic oxidation sites excluding steroid dienone is 4. The number of carbonyl (C=O) groups excluding carboxylic acids is 1. The Morgan fingerprint density at radius 2 is 1.62 bits per heavy atom. The summed E-state index contributed by atoms with van der Waals surface area (Å²) in [6, 6.07) is 9.08. The van der Waals surface area contributed by atoms with E-state index in [0.29, 0.717) is 5.78 Å². The van der Waals surface area contributed by atoms with Crippen LogP contribution in [-0.4, -0.2) is 5.78 Å². The van der Waals surface area contributed by atoms with Gasteiger partial charge in [0.05, 0.1) is 0 Å². The molecule has 0 radical (unpaired) electrons. The van der Waals surface area contributed by atoms with Gasteiger partial charge in [-0.15, -0.1) is 0 Å². The summed E-state index contributed by atoms with van der Waals surface area (Å²) in [6.45, 7) is 8.63. The fourth-order valence-electron chi connectivity index (χ4n) is 5.02. The average molecular weight is 437 g/mol. The van der Waals surface area contributed by atoms with Gasteiger partial charge in [-0.2, -0.15) is 0 Å². The van der Waals surface area contributed by atoms with Crippen LogP contribution in [0.5, 0.6) is 0 Å². The minimum atomic E-state index is 0.0960. The molecule has 178 valence electrons. The van der Waals surface area contributed by atoms with Crippen molar-refractivity contribution in [3.05, 3.63) is 53.6 Å². The van der Waals surface area contributed by atoms with Gasteiger partial charge in [0.2, 0.25) is 0 Å². The number of ketones is 1. The Hall–Kier alpha value is -1.63. The smallest absolute Gasteiger partial charge is 0.140 e. The van der Waals surface area contributed by atoms with Gasteiger partial charge in [0.25, 0.3) is 0 Å². The fraction of sp³-hybridized carbons (Fsp3) is 0.645. The highest BCUT2D eigenvalue weighted by Crippen LogP contribution is 2.32. The zero-order valence-corrected chi connectivity index (χ0v) is 21.4. The summed E-state index contributed by atoms with van der Waals surface area (Å²) < 4.78 is 0. The Kier molecular flexibility index (Phi) is 12.7. The van der Waals surface area contributed by atoms with Crippen LogP contribution in [0, 0.1) is 17.8 Å². The van der Waals surface area contributed by atoms with Gasteiger partial charge in [0.1, 0.15) is 5.78 Å². The largest absolute Gasteiger partial charge is 0.299 e. The predicted octanol–water partition coefficient (Wildman–Crippen LogP) is 9.36. The molecule has 0 heterocycles. The van der Waals surface area contributed by atoms with Gasteiger partial charge in [0.15, 0.2) is 0 Å². The molecule has 1 heteroatoms. The highest BCUT2D eigenvalue weighted by atomic mass is 16.1. The van der Waals surface area contributed by atoms with Crippen molar-refractivity contribution in [2.75, 3.05) is 0 Å². The van der Waals surface area contributed by atoms with Gasteiger partial charge in [-0.05, 0) is 54.2 Å². The summed E-state index contributed by atoms with van der Waals surface area (Å²) in [5, 5.41) is 0. The highest BCUT2D eigenvalue weighted by Gasteiger charge is 2.22. The molecule has 0 spiro atoms. The van der Waals surface area contributed by atoms with Crippen molar-refractivity contribution in [3.8, 4) is 0 Å². The zero-order chi connectivity index (χ0) is 23.2. The molecular formula is C31H48O. The monoisotopic (exact) mass is 436 g/mol. The molecule has 32 heavy (non-hydrogen) atoms. The summed E-state index contributed by atoms with van der Waals surface area (Å²) in [6.07, 6.45) is 22.6. The molecule has 0 bridgehead atoms. The number of hydrogen-bond donors (Lipinski definition) is 0. The molecule has 1 fully saturated rings. The lowest BCUT2D eigenvalue weighted by atomic mass is 9.79. The maximum absolute atomic E-state index is 12.7. The summed E-state index contributed by atoms with van der Waals surface area (Å²) in [5.41, 5.74) is 4.00. The molecule has 0 saturated heterocycles. The number of Topliss-reactive ketones (excluding diaryl/α,β-unsaturated/α-hetero) is 1. The van der Waals surface area contributed by atoms with E-state index >= 15 is 0 Å². The molecule has 1 atom stereocenters. The molecule has 0 aromatic heterocycles. The molecule has 1 aromatic rings. The van der Waals surface area contributed by atoms with Crippen molar-refractivity contribution >= 4 is 11.4 Å². The third kappa shape index (κ3) is 9.08. The first-order valence-corrected chi connectivity index (χ1v) is 13.7. The second-order valence-electron chi connectivity index (χ2n) is 9.85. The molecule has 0 N–H and O–H groups in total. The number of aryl methyl sites for hydroxylation is 1. The van der Waals surface area contributed by atoms with E-state index in [1.807, 2.05) is 13.8 Å². The maximum atomic E-state index is 12.7. The van der Waals surface area contributed by atoms with Crippen molar-refractivity contribution < 1.29 is 4.79 Å². The third-order valence-electron chi connectivity index (χ3n) is 7.30. The number of rotatable bonds is 11. The lowest BCUT2D eigenvalue weighted by Gasteiger charge is -2.26. The fourth-order valence-corrected chi connectivity index (χ4v) is 5.02. The minimum Gasteiger partial charge on any atom is -0.299 e. The van der Waals surface area contributed by atoms with E-state index in [-0.39, 0.29) is 5.92 Å². The van der Waals surface area contributed by atoms with Gasteiger partial charge < -0.3 is 0 Å². The van der Waals surface area contributed by atoms with Crippen LogP contribution in [-0.2, 0) is 11.2 Å². The first kappa shape index (κ1) is 26.6. The van der Waals surface area contributed by atoms with E-state index in [9.17, 15) is 4.79 Å². The molecule has 2 aliphatic carbocycles. The van der Waals surface area contributed by atoms with Gasteiger partial charge in [-0.3, -0.25) is 4.79 Å². The predicted molar refractivity (Wildman–Crippen MR) is 141 cm³/mol. The van der Waals surface area contributed by atoms with Crippen LogP contribution in [0.2, 0.25) is 0 Å². The summed E-state index contributed by atoms with van der Waals surface area (Å²) in [4.78, 5) is 12.7. The topological polar surface area (TPSA) is 17.1 Å². The Morgan fingerprint density at radius 3 is 2.25 bits per heavy atom. The van der Waals surface area contributed by atoms with Crippen LogP contribution >= 0.6 is 0 Å². The molecule has 1 nitrogen and oxygen atoms in total. The van der Waals surface area contributed by atoms with Gasteiger partial charge in [0, 0.05) is 12.3 Å². The molecule has 1 unspecified atom stereocenters. The van der Waals surface area contributed by atoms with Gasteiger partial charge >= 0.3 is 0 Å². The van der Waals surface area contributed by atoms with Gasteiger partial charge in [-0.25, -0.2) is 0 Å². The van der Waals surface area contributed by atoms with Crippen molar-refractivity contribution in [1.82, 2.24) is 0 Å². The van der Waals surface area contributed by atoms with Crippen molar-refractivity contribution in [3.63, 3.8) is 0 Å². The lowest BCUT2D eigenvalue weighted by Crippen LogP contribution is -2.17. The summed E-state index contributed by atoms with van der Waals surface area (Å²) >= 11 is 0. The normalized spacial score (nSPS) is 22.6. The summed E-state index contributed by atoms with van der Waals surface area (Å²) in [5.74, 6) is 2.22. The van der Waals surface area contributed by atoms with Crippen LogP contribution in [0.25, 0.3) is 5.57 Å². The van der Waals surface area contributed by atoms with Crippen LogP contribution in [0.15, 0.2) is 42.5 Å². The van der Waals surface area contributed by atoms with E-state index in [0.717, 1.165) is 31.1 Å². The van der Waals surface area contributed by atoms with Crippen LogP contribution < -0.4 is 0 Å². The molecule has 1 saturated carbocycles. The Morgan fingerprint density at radius 1 is 0.938 bits per heavy atom. The summed E-state index contributed by atoms with van der Waals surface area (Å²) in [7, 11) is 0. The second kappa shape index (κ2) is 15.3. The number of unbranched alkanes of at least 4 members (excludes halogenated alkanes) is 4. The number of carbonyl (C=O) groups is 1. The molecule has 0 aliphatic heterocycles. The number of hydrogen-bond acceptors (Lipinski definition) is 1. The molecule has 1 aromatic carbocycles. The van der Waals surface area contributed by atoms with Crippen LogP contribution in [0.4, 0.5) is 0 Å². The van der Waals surface area contributed by atoms with E-state index in [1.165, 1.54) is 80.9 Å². The first-order valence-electron chi connectivity index (χ1n) is 13.7. The maximum Gasteiger partial charge on any atom is 0.140 e. The van der Waals surface area contributed by atoms with Gasteiger partial charge in [-0.1, -0.05) is 122 Å². The van der Waals surface area contributed by atoms with E-state index in [4.69, 9.17) is 0 Å². The van der Waals surface area contributed by atoms with Crippen molar-refractivity contribution in [2.45, 2.75) is 111 Å². The Labute approximate surface area is 198 Å². The third-order valence-corrected chi connectivity index (χ3v) is 7.30. The van der Waals surface area contributed by atoms with E-state index in [1.54, 1.807) is 0 Å². The van der Waals surface area contributed by atoms with E-state index in [2.05, 4.69) is 56.3 Å². The first-order chi connectivity index (χ1) is 15.7. The van der Waals surface area contributed by atoms with Crippen molar-refractivity contribution in [2.24, 2.45) is 17.8 Å².